The van der Waals surface area contributed by atoms with Gasteiger partial charge in [0.25, 0.3) is 5.91 Å². The van der Waals surface area contributed by atoms with Gasteiger partial charge in [-0.1, -0.05) is 36.4 Å². The lowest BCUT2D eigenvalue weighted by Crippen LogP contribution is -2.52. The minimum absolute atomic E-state index is 0.116. The van der Waals surface area contributed by atoms with E-state index in [4.69, 9.17) is 0 Å². The summed E-state index contributed by atoms with van der Waals surface area (Å²) in [5.74, 6) is -0.761. The highest BCUT2D eigenvalue weighted by molar-refractivity contribution is 6.06. The Labute approximate surface area is 181 Å². The van der Waals surface area contributed by atoms with Crippen molar-refractivity contribution in [2.75, 3.05) is 11.4 Å². The van der Waals surface area contributed by atoms with E-state index in [1.807, 2.05) is 24.3 Å². The number of carbonyl (C=O) groups is 3. The predicted octanol–water partition coefficient (Wildman–Crippen LogP) is 1.95. The molecule has 0 radical (unpaired) electrons. The van der Waals surface area contributed by atoms with Gasteiger partial charge < -0.3 is 15.1 Å². The van der Waals surface area contributed by atoms with Gasteiger partial charge in [0.2, 0.25) is 11.8 Å². The Bertz CT molecular complexity index is 1070. The Balaban J connectivity index is 1.44. The number of carbonyl (C=O) groups excluding carboxylic acids is 3. The first-order valence-corrected chi connectivity index (χ1v) is 10.8. The first-order chi connectivity index (χ1) is 15.0. The van der Waals surface area contributed by atoms with E-state index in [9.17, 15) is 14.4 Å². The summed E-state index contributed by atoms with van der Waals surface area (Å²) in [4.78, 5) is 41.2. The van der Waals surface area contributed by atoms with Crippen molar-refractivity contribution < 1.29 is 14.4 Å². The molecular weight excluding hydrogens is 392 g/mol. The van der Waals surface area contributed by atoms with Crippen molar-refractivity contribution >= 4 is 23.4 Å². The number of amides is 3. The normalized spacial score (nSPS) is 23.3. The number of fused-ring (bicyclic) bond motifs is 2. The third-order valence-corrected chi connectivity index (χ3v) is 6.47. The fourth-order valence-electron chi connectivity index (χ4n) is 4.92. The van der Waals surface area contributed by atoms with Gasteiger partial charge in [-0.2, -0.15) is 0 Å². The monoisotopic (exact) mass is 418 g/mol. The largest absolute Gasteiger partial charge is 0.365 e. The van der Waals surface area contributed by atoms with Crippen LogP contribution in [0.25, 0.3) is 0 Å². The van der Waals surface area contributed by atoms with Crippen molar-refractivity contribution in [1.82, 2.24) is 15.5 Å². The molecule has 3 heterocycles. The van der Waals surface area contributed by atoms with E-state index in [0.29, 0.717) is 31.1 Å². The highest BCUT2D eigenvalue weighted by Crippen LogP contribution is 2.32. The first-order valence-electron chi connectivity index (χ1n) is 10.8. The predicted molar refractivity (Wildman–Crippen MR) is 116 cm³/mol. The zero-order valence-electron chi connectivity index (χ0n) is 17.6. The van der Waals surface area contributed by atoms with Crippen LogP contribution >= 0.6 is 0 Å². The van der Waals surface area contributed by atoms with Crippen LogP contribution in [-0.2, 0) is 29.2 Å². The van der Waals surface area contributed by atoms with Gasteiger partial charge >= 0.3 is 0 Å². The summed E-state index contributed by atoms with van der Waals surface area (Å²) in [6, 6.07) is 14.1. The van der Waals surface area contributed by atoms with Crippen LogP contribution in [0.2, 0.25) is 0 Å². The van der Waals surface area contributed by atoms with Gasteiger partial charge in [-0.05, 0) is 36.1 Å². The average molecular weight is 418 g/mol. The number of nitrogens with one attached hydrogen (secondary N) is 2. The van der Waals surface area contributed by atoms with Crippen molar-refractivity contribution in [2.45, 2.75) is 51.5 Å². The quantitative estimate of drug-likeness (QED) is 0.745. The lowest BCUT2D eigenvalue weighted by atomic mass is 10.0. The van der Waals surface area contributed by atoms with Crippen LogP contribution in [0.4, 0.5) is 5.69 Å². The SMILES string of the molecule is CC1CN(Cc2cccc3c2C(=O)N(C2CCC(=O)NC2=O)C3)c2ccccc2CN1. The van der Waals surface area contributed by atoms with Crippen LogP contribution in [0.15, 0.2) is 42.5 Å². The van der Waals surface area contributed by atoms with E-state index >= 15 is 0 Å². The number of piperidine rings is 1. The summed E-state index contributed by atoms with van der Waals surface area (Å²) in [5.41, 5.74) is 5.05. The molecule has 1 fully saturated rings. The minimum Gasteiger partial charge on any atom is -0.365 e. The second-order valence-electron chi connectivity index (χ2n) is 8.64. The van der Waals surface area contributed by atoms with Gasteiger partial charge in [0.15, 0.2) is 0 Å². The Kier molecular flexibility index (Phi) is 4.98. The molecule has 0 aliphatic carbocycles. The maximum Gasteiger partial charge on any atom is 0.255 e. The van der Waals surface area contributed by atoms with E-state index < -0.39 is 6.04 Å². The molecule has 160 valence electrons. The summed E-state index contributed by atoms with van der Waals surface area (Å²) in [6.45, 7) is 4.86. The number of hydrogen-bond acceptors (Lipinski definition) is 5. The first kappa shape index (κ1) is 19.8. The Morgan fingerprint density at radius 1 is 1.03 bits per heavy atom. The van der Waals surface area contributed by atoms with E-state index in [-0.39, 0.29) is 24.1 Å². The number of hydrogen-bond donors (Lipinski definition) is 2. The van der Waals surface area contributed by atoms with E-state index in [1.54, 1.807) is 4.90 Å². The van der Waals surface area contributed by atoms with E-state index in [0.717, 1.165) is 24.2 Å². The Morgan fingerprint density at radius 2 is 1.84 bits per heavy atom. The average Bonchev–Trinajstić information content (AvgIpc) is 3.00. The molecule has 2 atom stereocenters. The van der Waals surface area contributed by atoms with Gasteiger partial charge in [-0.3, -0.25) is 19.7 Å². The molecule has 7 nitrogen and oxygen atoms in total. The van der Waals surface area contributed by atoms with Crippen LogP contribution in [-0.4, -0.2) is 41.2 Å². The smallest absolute Gasteiger partial charge is 0.255 e. The van der Waals surface area contributed by atoms with E-state index in [2.05, 4.69) is 40.7 Å². The number of anilines is 1. The second-order valence-corrected chi connectivity index (χ2v) is 8.64. The number of benzene rings is 2. The molecule has 2 unspecified atom stereocenters. The standard InChI is InChI=1S/C24H26N4O3/c1-15-12-27(19-8-3-2-5-16(19)11-25-15)13-17-6-4-7-18-14-28(24(31)22(17)18)20-9-10-21(29)26-23(20)30/h2-8,15,20,25H,9-14H2,1H3,(H,26,29,30). The molecule has 2 N–H and O–H groups in total. The maximum absolute atomic E-state index is 13.4. The molecule has 3 aliphatic rings. The number of para-hydroxylation sites is 1. The minimum atomic E-state index is -0.589. The van der Waals surface area contributed by atoms with E-state index in [1.165, 1.54) is 11.3 Å². The Morgan fingerprint density at radius 3 is 2.68 bits per heavy atom. The molecule has 2 aromatic carbocycles. The summed E-state index contributed by atoms with van der Waals surface area (Å²) >= 11 is 0. The molecular formula is C24H26N4O3. The molecule has 1 saturated heterocycles. The molecule has 5 rings (SSSR count). The highest BCUT2D eigenvalue weighted by atomic mass is 16.2. The topological polar surface area (TPSA) is 81.8 Å². The third kappa shape index (κ3) is 3.59. The zero-order valence-corrected chi connectivity index (χ0v) is 17.6. The molecule has 0 aromatic heterocycles. The number of rotatable bonds is 3. The van der Waals surface area contributed by atoms with Crippen molar-refractivity contribution in [3.63, 3.8) is 0 Å². The molecule has 3 amide bonds. The molecule has 0 spiro atoms. The van der Waals surface area contributed by atoms with Crippen molar-refractivity contribution in [3.05, 3.63) is 64.7 Å². The molecule has 0 saturated carbocycles. The van der Waals surface area contributed by atoms with Gasteiger partial charge in [-0.15, -0.1) is 0 Å². The fourth-order valence-corrected chi connectivity index (χ4v) is 4.92. The Hall–Kier alpha value is -3.19. The van der Waals surface area contributed by atoms with Crippen LogP contribution in [0.5, 0.6) is 0 Å². The molecule has 2 aromatic rings. The zero-order chi connectivity index (χ0) is 21.5. The summed E-state index contributed by atoms with van der Waals surface area (Å²) in [5, 5.41) is 5.92. The van der Waals surface area contributed by atoms with Crippen molar-refractivity contribution in [3.8, 4) is 0 Å². The summed E-state index contributed by atoms with van der Waals surface area (Å²) in [6.07, 6.45) is 0.640. The van der Waals surface area contributed by atoms with Crippen LogP contribution in [0.1, 0.15) is 46.8 Å². The number of imide groups is 1. The highest BCUT2D eigenvalue weighted by Gasteiger charge is 2.40. The molecule has 3 aliphatic heterocycles. The summed E-state index contributed by atoms with van der Waals surface area (Å²) < 4.78 is 0. The maximum atomic E-state index is 13.4. The van der Waals surface area contributed by atoms with Gasteiger partial charge in [0, 0.05) is 49.9 Å². The fraction of sp³-hybridized carbons (Fsp3) is 0.375. The third-order valence-electron chi connectivity index (χ3n) is 6.47. The molecule has 31 heavy (non-hydrogen) atoms. The second kappa shape index (κ2) is 7.81. The number of nitrogens with zero attached hydrogens (tertiary/aromatic N) is 2. The van der Waals surface area contributed by atoms with Crippen LogP contribution in [0.3, 0.4) is 0 Å². The lowest BCUT2D eigenvalue weighted by Gasteiger charge is -2.29. The lowest BCUT2D eigenvalue weighted by molar-refractivity contribution is -0.136. The van der Waals surface area contributed by atoms with Crippen LogP contribution < -0.4 is 15.5 Å². The van der Waals surface area contributed by atoms with Gasteiger partial charge in [0.05, 0.1) is 0 Å². The summed E-state index contributed by atoms with van der Waals surface area (Å²) in [7, 11) is 0. The molecule has 7 heteroatoms. The van der Waals surface area contributed by atoms with Crippen molar-refractivity contribution in [2.24, 2.45) is 0 Å². The van der Waals surface area contributed by atoms with Crippen LogP contribution in [0, 0.1) is 0 Å². The van der Waals surface area contributed by atoms with Gasteiger partial charge in [0.1, 0.15) is 6.04 Å². The molecule has 0 bridgehead atoms. The van der Waals surface area contributed by atoms with Crippen molar-refractivity contribution in [1.29, 1.82) is 0 Å². The van der Waals surface area contributed by atoms with Gasteiger partial charge in [-0.25, -0.2) is 0 Å².